The van der Waals surface area contributed by atoms with Crippen LogP contribution in [0.3, 0.4) is 0 Å². The first-order valence-electron chi connectivity index (χ1n) is 6.99. The van der Waals surface area contributed by atoms with Crippen molar-refractivity contribution in [1.29, 1.82) is 0 Å². The average Bonchev–Trinajstić information content (AvgIpc) is 2.79. The van der Waals surface area contributed by atoms with Crippen LogP contribution in [0.1, 0.15) is 32.2 Å². The maximum Gasteiger partial charge on any atom is 0.135 e. The fourth-order valence-electron chi connectivity index (χ4n) is 3.11. The van der Waals surface area contributed by atoms with Crippen molar-refractivity contribution >= 4 is 26.8 Å². The number of fused-ring (bicyclic) bond motifs is 1. The molecule has 1 fully saturated rings. The molecule has 1 aromatic carbocycles. The molecule has 0 aliphatic heterocycles. The van der Waals surface area contributed by atoms with Crippen LogP contribution in [0.15, 0.2) is 22.8 Å². The molecule has 0 spiro atoms. The molecule has 1 saturated carbocycles. The highest BCUT2D eigenvalue weighted by molar-refractivity contribution is 9.10. The standard InChI is InChI=1S/C15H19BrN2O2/c1-9-5-11(19)3-4-14(9)18-8-10-6-12(16)15(20-2)7-13(10)17-18/h6-9,11,14,19H,3-5H2,1-2H3/t9-,11?,14+/m1/s1. The lowest BCUT2D eigenvalue weighted by Gasteiger charge is -2.31. The van der Waals surface area contributed by atoms with Gasteiger partial charge >= 0.3 is 0 Å². The van der Waals surface area contributed by atoms with Gasteiger partial charge in [0.2, 0.25) is 0 Å². The first-order chi connectivity index (χ1) is 9.58. The van der Waals surface area contributed by atoms with Crippen LogP contribution >= 0.6 is 15.9 Å². The Morgan fingerprint density at radius 1 is 1.40 bits per heavy atom. The van der Waals surface area contributed by atoms with Crippen molar-refractivity contribution in [2.45, 2.75) is 38.3 Å². The SMILES string of the molecule is COc1cc2nn([C@H]3CCC(O)C[C@H]3C)cc2cc1Br. The second kappa shape index (κ2) is 5.37. The van der Waals surface area contributed by atoms with Crippen molar-refractivity contribution in [3.05, 3.63) is 22.8 Å². The van der Waals surface area contributed by atoms with Crippen molar-refractivity contribution in [1.82, 2.24) is 9.78 Å². The van der Waals surface area contributed by atoms with E-state index in [0.29, 0.717) is 12.0 Å². The van der Waals surface area contributed by atoms with Crippen LogP contribution in [0.25, 0.3) is 10.9 Å². The Labute approximate surface area is 126 Å². The van der Waals surface area contributed by atoms with Crippen LogP contribution in [0.4, 0.5) is 0 Å². The first kappa shape index (κ1) is 13.9. The lowest BCUT2D eigenvalue weighted by molar-refractivity contribution is 0.0750. The number of nitrogens with zero attached hydrogens (tertiary/aromatic N) is 2. The van der Waals surface area contributed by atoms with Gasteiger partial charge in [-0.3, -0.25) is 4.68 Å². The van der Waals surface area contributed by atoms with Crippen LogP contribution in [-0.2, 0) is 0 Å². The number of aliphatic hydroxyl groups excluding tert-OH is 1. The van der Waals surface area contributed by atoms with E-state index in [-0.39, 0.29) is 6.10 Å². The molecule has 1 aliphatic rings. The monoisotopic (exact) mass is 338 g/mol. The molecule has 1 aliphatic carbocycles. The Morgan fingerprint density at radius 2 is 2.20 bits per heavy atom. The van der Waals surface area contributed by atoms with Crippen LogP contribution in [0, 0.1) is 5.92 Å². The Kier molecular flexibility index (Phi) is 3.73. The van der Waals surface area contributed by atoms with Gasteiger partial charge in [-0.05, 0) is 47.2 Å². The summed E-state index contributed by atoms with van der Waals surface area (Å²) in [4.78, 5) is 0. The zero-order chi connectivity index (χ0) is 14.3. The summed E-state index contributed by atoms with van der Waals surface area (Å²) in [5.74, 6) is 1.24. The summed E-state index contributed by atoms with van der Waals surface area (Å²) in [6, 6.07) is 4.37. The predicted octanol–water partition coefficient (Wildman–Crippen LogP) is 3.53. The Morgan fingerprint density at radius 3 is 2.90 bits per heavy atom. The van der Waals surface area contributed by atoms with Crippen molar-refractivity contribution in [3.63, 3.8) is 0 Å². The summed E-state index contributed by atoms with van der Waals surface area (Å²) in [5, 5.41) is 15.5. The number of aromatic nitrogens is 2. The first-order valence-corrected chi connectivity index (χ1v) is 7.78. The minimum atomic E-state index is -0.152. The summed E-state index contributed by atoms with van der Waals surface area (Å²) >= 11 is 3.51. The molecular formula is C15H19BrN2O2. The van der Waals surface area contributed by atoms with E-state index in [4.69, 9.17) is 9.84 Å². The third-order valence-electron chi connectivity index (χ3n) is 4.23. The summed E-state index contributed by atoms with van der Waals surface area (Å²) in [6.07, 6.45) is 4.64. The number of rotatable bonds is 2. The highest BCUT2D eigenvalue weighted by Crippen LogP contribution is 2.35. The fraction of sp³-hybridized carbons (Fsp3) is 0.533. The average molecular weight is 339 g/mol. The molecule has 20 heavy (non-hydrogen) atoms. The third-order valence-corrected chi connectivity index (χ3v) is 4.85. The maximum absolute atomic E-state index is 9.74. The second-order valence-electron chi connectivity index (χ2n) is 5.67. The van der Waals surface area contributed by atoms with Crippen LogP contribution in [-0.4, -0.2) is 28.1 Å². The van der Waals surface area contributed by atoms with E-state index in [1.807, 2.05) is 12.1 Å². The van der Waals surface area contributed by atoms with E-state index < -0.39 is 0 Å². The predicted molar refractivity (Wildman–Crippen MR) is 82.0 cm³/mol. The van der Waals surface area contributed by atoms with Gasteiger partial charge in [0, 0.05) is 17.6 Å². The van der Waals surface area contributed by atoms with Gasteiger partial charge in [-0.2, -0.15) is 5.10 Å². The molecule has 3 atom stereocenters. The zero-order valence-electron chi connectivity index (χ0n) is 11.7. The van der Waals surface area contributed by atoms with Crippen LogP contribution in [0.5, 0.6) is 5.75 Å². The third kappa shape index (κ3) is 2.44. The number of methoxy groups -OCH3 is 1. The molecule has 1 heterocycles. The topological polar surface area (TPSA) is 47.3 Å². The van der Waals surface area contributed by atoms with E-state index in [2.05, 4.69) is 33.7 Å². The summed E-state index contributed by atoms with van der Waals surface area (Å²) < 4.78 is 8.32. The van der Waals surface area contributed by atoms with Gasteiger partial charge in [-0.25, -0.2) is 0 Å². The fourth-order valence-corrected chi connectivity index (χ4v) is 3.64. The Hall–Kier alpha value is -1.07. The quantitative estimate of drug-likeness (QED) is 0.911. The number of aliphatic hydroxyl groups is 1. The van der Waals surface area contributed by atoms with Crippen molar-refractivity contribution < 1.29 is 9.84 Å². The van der Waals surface area contributed by atoms with E-state index in [0.717, 1.165) is 40.4 Å². The molecule has 3 rings (SSSR count). The summed E-state index contributed by atoms with van der Waals surface area (Å²) in [7, 11) is 1.66. The minimum Gasteiger partial charge on any atom is -0.495 e. The maximum atomic E-state index is 9.74. The highest BCUT2D eigenvalue weighted by atomic mass is 79.9. The van der Waals surface area contributed by atoms with Crippen molar-refractivity contribution in [2.24, 2.45) is 5.92 Å². The Bertz CT molecular complexity index is 626. The number of halogens is 1. The molecule has 5 heteroatoms. The highest BCUT2D eigenvalue weighted by Gasteiger charge is 2.28. The molecule has 0 saturated heterocycles. The van der Waals surface area contributed by atoms with Crippen LogP contribution < -0.4 is 4.74 Å². The van der Waals surface area contributed by atoms with Crippen molar-refractivity contribution in [3.8, 4) is 5.75 Å². The van der Waals surface area contributed by atoms with Gasteiger partial charge in [0.05, 0.1) is 29.2 Å². The second-order valence-corrected chi connectivity index (χ2v) is 6.52. The molecule has 0 bridgehead atoms. The van der Waals surface area contributed by atoms with E-state index in [1.54, 1.807) is 7.11 Å². The smallest absolute Gasteiger partial charge is 0.135 e. The molecule has 4 nitrogen and oxygen atoms in total. The van der Waals surface area contributed by atoms with Gasteiger partial charge < -0.3 is 9.84 Å². The number of hydrogen-bond donors (Lipinski definition) is 1. The van der Waals surface area contributed by atoms with Gasteiger partial charge in [0.1, 0.15) is 5.75 Å². The normalized spacial score (nSPS) is 26.9. The van der Waals surface area contributed by atoms with Crippen molar-refractivity contribution in [2.75, 3.05) is 7.11 Å². The molecule has 1 unspecified atom stereocenters. The van der Waals surface area contributed by atoms with E-state index >= 15 is 0 Å². The van der Waals surface area contributed by atoms with Gasteiger partial charge in [0.25, 0.3) is 0 Å². The largest absolute Gasteiger partial charge is 0.495 e. The number of ether oxygens (including phenoxy) is 1. The molecule has 1 aromatic heterocycles. The lowest BCUT2D eigenvalue weighted by Crippen LogP contribution is -2.28. The Balaban J connectivity index is 1.96. The van der Waals surface area contributed by atoms with Gasteiger partial charge in [-0.1, -0.05) is 6.92 Å². The molecule has 0 radical (unpaired) electrons. The van der Waals surface area contributed by atoms with Crippen LogP contribution in [0.2, 0.25) is 0 Å². The summed E-state index contributed by atoms with van der Waals surface area (Å²) in [6.45, 7) is 2.19. The summed E-state index contributed by atoms with van der Waals surface area (Å²) in [5.41, 5.74) is 0.948. The lowest BCUT2D eigenvalue weighted by atomic mass is 9.84. The number of hydrogen-bond acceptors (Lipinski definition) is 3. The molecule has 1 N–H and O–H groups in total. The van der Waals surface area contributed by atoms with Gasteiger partial charge in [-0.15, -0.1) is 0 Å². The van der Waals surface area contributed by atoms with E-state index in [1.165, 1.54) is 0 Å². The molecular weight excluding hydrogens is 320 g/mol. The number of benzene rings is 1. The molecule has 108 valence electrons. The minimum absolute atomic E-state index is 0.152. The molecule has 0 amide bonds. The van der Waals surface area contributed by atoms with E-state index in [9.17, 15) is 5.11 Å². The zero-order valence-corrected chi connectivity index (χ0v) is 13.3. The molecule has 2 aromatic rings. The van der Waals surface area contributed by atoms with Gasteiger partial charge in [0.15, 0.2) is 0 Å².